The lowest BCUT2D eigenvalue weighted by Gasteiger charge is -2.19. The number of ether oxygens (including phenoxy) is 2. The number of hydrogen-bond acceptors (Lipinski definition) is 7. The molecule has 168 valence electrons. The van der Waals surface area contributed by atoms with E-state index in [2.05, 4.69) is 11.4 Å². The van der Waals surface area contributed by atoms with Crippen LogP contribution in [0.2, 0.25) is 0 Å². The monoisotopic (exact) mass is 440 g/mol. The molecule has 1 amide bonds. The number of nitrogens with zero attached hydrogens (tertiary/aromatic N) is 3. The van der Waals surface area contributed by atoms with Crippen LogP contribution in [0.4, 0.5) is 11.5 Å². The predicted molar refractivity (Wildman–Crippen MR) is 114 cm³/mol. The van der Waals surface area contributed by atoms with Gasteiger partial charge in [-0.1, -0.05) is 25.0 Å². The minimum absolute atomic E-state index is 0.0714. The summed E-state index contributed by atoms with van der Waals surface area (Å²) in [6.07, 6.45) is 4.13. The molecule has 1 aromatic carbocycles. The molecular weight excluding hydrogens is 416 g/mol. The van der Waals surface area contributed by atoms with Gasteiger partial charge in [-0.15, -0.1) is 0 Å². The molecule has 0 atom stereocenters. The quantitative estimate of drug-likeness (QED) is 0.376. The molecule has 1 aromatic heterocycles. The zero-order valence-corrected chi connectivity index (χ0v) is 17.9. The number of amides is 1. The fraction of sp³-hybridized carbons (Fsp3) is 0.409. The van der Waals surface area contributed by atoms with Crippen molar-refractivity contribution in [3.8, 4) is 11.8 Å². The Hall–Kier alpha value is -3.87. The number of carbonyl (C=O) groups excluding carboxylic acids is 2. The molecule has 1 saturated carbocycles. The van der Waals surface area contributed by atoms with Crippen molar-refractivity contribution >= 4 is 23.4 Å². The molecule has 0 bridgehead atoms. The molecule has 1 fully saturated rings. The molecule has 1 aliphatic carbocycles. The van der Waals surface area contributed by atoms with Gasteiger partial charge in [0.15, 0.2) is 19.0 Å². The maximum Gasteiger partial charge on any atom is 0.344 e. The van der Waals surface area contributed by atoms with Crippen molar-refractivity contribution in [2.45, 2.75) is 45.6 Å². The Bertz CT molecular complexity index is 1080. The Morgan fingerprint density at radius 2 is 1.94 bits per heavy atom. The number of esters is 1. The summed E-state index contributed by atoms with van der Waals surface area (Å²) < 4.78 is 12.1. The lowest BCUT2D eigenvalue weighted by molar-refractivity contribution is -0.385. The predicted octanol–water partition coefficient (Wildman–Crippen LogP) is 3.56. The normalized spacial score (nSPS) is 13.4. The maximum atomic E-state index is 12.4. The Kier molecular flexibility index (Phi) is 7.10. The first-order valence-electron chi connectivity index (χ1n) is 10.3. The minimum atomic E-state index is -0.850. The van der Waals surface area contributed by atoms with Crippen LogP contribution < -0.4 is 10.1 Å². The Labute approximate surface area is 184 Å². The van der Waals surface area contributed by atoms with Gasteiger partial charge < -0.3 is 19.4 Å². The largest absolute Gasteiger partial charge is 0.475 e. The van der Waals surface area contributed by atoms with E-state index in [1.54, 1.807) is 0 Å². The lowest BCUT2D eigenvalue weighted by atomic mass is 10.2. The minimum Gasteiger partial charge on any atom is -0.475 e. The average molecular weight is 440 g/mol. The summed E-state index contributed by atoms with van der Waals surface area (Å²) in [5.74, 6) is -1.08. The Balaban J connectivity index is 1.61. The maximum absolute atomic E-state index is 12.4. The van der Waals surface area contributed by atoms with Crippen LogP contribution in [0.25, 0.3) is 0 Å². The third-order valence-electron chi connectivity index (χ3n) is 5.59. The van der Waals surface area contributed by atoms with Crippen molar-refractivity contribution in [3.05, 3.63) is 51.2 Å². The van der Waals surface area contributed by atoms with Crippen molar-refractivity contribution < 1.29 is 24.0 Å². The summed E-state index contributed by atoms with van der Waals surface area (Å²) in [6.45, 7) is 2.61. The number of carbonyl (C=O) groups is 2. The van der Waals surface area contributed by atoms with Gasteiger partial charge in [0.1, 0.15) is 11.9 Å². The molecule has 3 rings (SSSR count). The topological polar surface area (TPSA) is 136 Å². The second-order valence-electron chi connectivity index (χ2n) is 7.58. The van der Waals surface area contributed by atoms with Crippen LogP contribution >= 0.6 is 0 Å². The number of hydrogen-bond donors (Lipinski definition) is 1. The number of para-hydroxylation sites is 2. The summed E-state index contributed by atoms with van der Waals surface area (Å²) in [4.78, 5) is 34.8. The third kappa shape index (κ3) is 4.88. The van der Waals surface area contributed by atoms with E-state index in [1.165, 1.54) is 24.3 Å². The summed E-state index contributed by atoms with van der Waals surface area (Å²) in [5.41, 5.74) is 1.86. The van der Waals surface area contributed by atoms with Crippen LogP contribution in [-0.4, -0.2) is 34.6 Å². The summed E-state index contributed by atoms with van der Waals surface area (Å²) in [5, 5.41) is 23.3. The first-order chi connectivity index (χ1) is 15.3. The van der Waals surface area contributed by atoms with E-state index < -0.39 is 30.0 Å². The van der Waals surface area contributed by atoms with Gasteiger partial charge in [0.05, 0.1) is 10.5 Å². The molecule has 1 N–H and O–H groups in total. The van der Waals surface area contributed by atoms with Crippen LogP contribution in [0.1, 0.15) is 48.5 Å². The van der Waals surface area contributed by atoms with Crippen LogP contribution in [-0.2, 0) is 14.3 Å². The number of rotatable bonds is 8. The number of anilines is 1. The molecule has 10 heteroatoms. The highest BCUT2D eigenvalue weighted by Crippen LogP contribution is 2.37. The molecule has 0 radical (unpaired) electrons. The summed E-state index contributed by atoms with van der Waals surface area (Å²) in [6, 6.07) is 8.00. The number of nitrogens with one attached hydrogen (secondary N) is 1. The fourth-order valence-corrected chi connectivity index (χ4v) is 3.93. The number of nitriles is 1. The molecule has 1 heterocycles. The number of aromatic nitrogens is 1. The van der Waals surface area contributed by atoms with Gasteiger partial charge in [0.25, 0.3) is 5.91 Å². The van der Waals surface area contributed by atoms with Crippen molar-refractivity contribution in [3.63, 3.8) is 0 Å². The lowest BCUT2D eigenvalue weighted by Crippen LogP contribution is -2.25. The second kappa shape index (κ2) is 9.96. The average Bonchev–Trinajstić information content (AvgIpc) is 3.38. The molecule has 2 aromatic rings. The molecule has 10 nitrogen and oxygen atoms in total. The molecular formula is C22H24N4O6. The van der Waals surface area contributed by atoms with E-state index in [0.717, 1.165) is 36.9 Å². The number of nitro benzene ring substituents is 1. The highest BCUT2D eigenvalue weighted by Gasteiger charge is 2.27. The van der Waals surface area contributed by atoms with E-state index in [1.807, 2.05) is 18.4 Å². The Morgan fingerprint density at radius 3 is 2.59 bits per heavy atom. The number of nitro groups is 1. The third-order valence-corrected chi connectivity index (χ3v) is 5.59. The van der Waals surface area contributed by atoms with E-state index in [0.29, 0.717) is 11.4 Å². The SMILES string of the molecule is Cc1c(C#N)c(NC(=O)COC(=O)COc2ccccc2[N+](=O)[O-])n(C2CCCC2)c1C. The first kappa shape index (κ1) is 22.8. The highest BCUT2D eigenvalue weighted by molar-refractivity contribution is 5.93. The number of benzene rings is 1. The molecule has 0 saturated heterocycles. The second-order valence-corrected chi connectivity index (χ2v) is 7.58. The van der Waals surface area contributed by atoms with Gasteiger partial charge >= 0.3 is 11.7 Å². The van der Waals surface area contributed by atoms with Crippen LogP contribution in [0.5, 0.6) is 5.75 Å². The highest BCUT2D eigenvalue weighted by atomic mass is 16.6. The van der Waals surface area contributed by atoms with E-state index in [4.69, 9.17) is 9.47 Å². The van der Waals surface area contributed by atoms with Crippen molar-refractivity contribution in [1.29, 1.82) is 5.26 Å². The van der Waals surface area contributed by atoms with Gasteiger partial charge in [-0.05, 0) is 38.3 Å². The molecule has 32 heavy (non-hydrogen) atoms. The van der Waals surface area contributed by atoms with Gasteiger partial charge in [-0.2, -0.15) is 5.26 Å². The van der Waals surface area contributed by atoms with Gasteiger partial charge in [-0.3, -0.25) is 14.9 Å². The standard InChI is InChI=1S/C22H24N4O6/c1-14-15(2)25(16-7-3-4-8-16)22(17(14)11-23)24-20(27)12-32-21(28)13-31-19-10-6-5-9-18(19)26(29)30/h5-6,9-10,16H,3-4,7-8,12-13H2,1-2H3,(H,24,27). The first-order valence-corrected chi connectivity index (χ1v) is 10.3. The zero-order chi connectivity index (χ0) is 23.3. The van der Waals surface area contributed by atoms with Crippen molar-refractivity contribution in [1.82, 2.24) is 4.57 Å². The van der Waals surface area contributed by atoms with Gasteiger partial charge in [0.2, 0.25) is 0 Å². The van der Waals surface area contributed by atoms with E-state index in [-0.39, 0.29) is 17.5 Å². The van der Waals surface area contributed by atoms with E-state index >= 15 is 0 Å². The Morgan fingerprint density at radius 1 is 1.25 bits per heavy atom. The molecule has 0 spiro atoms. The molecule has 0 unspecified atom stereocenters. The summed E-state index contributed by atoms with van der Waals surface area (Å²) >= 11 is 0. The van der Waals surface area contributed by atoms with Crippen LogP contribution in [0, 0.1) is 35.3 Å². The van der Waals surface area contributed by atoms with Crippen molar-refractivity contribution in [2.75, 3.05) is 18.5 Å². The van der Waals surface area contributed by atoms with Gasteiger partial charge in [0, 0.05) is 17.8 Å². The molecule has 1 aliphatic rings. The summed E-state index contributed by atoms with van der Waals surface area (Å²) in [7, 11) is 0. The van der Waals surface area contributed by atoms with Crippen LogP contribution in [0.3, 0.4) is 0 Å². The van der Waals surface area contributed by atoms with Crippen molar-refractivity contribution in [2.24, 2.45) is 0 Å². The molecule has 0 aliphatic heterocycles. The fourth-order valence-electron chi connectivity index (χ4n) is 3.93. The van der Waals surface area contributed by atoms with Gasteiger partial charge in [-0.25, -0.2) is 4.79 Å². The smallest absolute Gasteiger partial charge is 0.344 e. The zero-order valence-electron chi connectivity index (χ0n) is 17.9. The van der Waals surface area contributed by atoms with E-state index in [9.17, 15) is 25.0 Å². The van der Waals surface area contributed by atoms with Crippen LogP contribution in [0.15, 0.2) is 24.3 Å².